The lowest BCUT2D eigenvalue weighted by atomic mass is 10.1. The number of para-hydroxylation sites is 2. The molecule has 0 atom stereocenters. The Balaban J connectivity index is 1.47. The van der Waals surface area contributed by atoms with Gasteiger partial charge in [-0.15, -0.1) is 0 Å². The number of aryl methyl sites for hydroxylation is 2. The number of nitrogens with one attached hydrogen (secondary N) is 2. The lowest BCUT2D eigenvalue weighted by molar-refractivity contribution is -0.118. The first kappa shape index (κ1) is 19.9. The number of benzene rings is 1. The van der Waals surface area contributed by atoms with Crippen LogP contribution in [0, 0.1) is 32.1 Å². The summed E-state index contributed by atoms with van der Waals surface area (Å²) in [7, 11) is 0. The first-order valence-corrected chi connectivity index (χ1v) is 10.2. The highest BCUT2D eigenvalue weighted by Gasteiger charge is 2.14. The molecule has 28 heavy (non-hydrogen) atoms. The molecule has 0 saturated carbocycles. The fourth-order valence-corrected chi connectivity index (χ4v) is 3.85. The number of aromatic amines is 1. The number of fused-ring (bicyclic) bond motifs is 1. The molecule has 6 nitrogen and oxygen atoms in total. The van der Waals surface area contributed by atoms with Gasteiger partial charge >= 0.3 is 0 Å². The highest BCUT2D eigenvalue weighted by atomic mass is 32.2. The van der Waals surface area contributed by atoms with E-state index in [1.54, 1.807) is 0 Å². The van der Waals surface area contributed by atoms with E-state index >= 15 is 0 Å². The molecule has 0 spiro atoms. The van der Waals surface area contributed by atoms with E-state index < -0.39 is 0 Å². The number of thioether (sulfide) groups is 1. The largest absolute Gasteiger partial charge is 0.355 e. The first-order valence-electron chi connectivity index (χ1n) is 9.20. The molecule has 3 aromatic rings. The van der Waals surface area contributed by atoms with Crippen molar-refractivity contribution >= 4 is 28.7 Å². The van der Waals surface area contributed by atoms with E-state index in [9.17, 15) is 10.1 Å². The van der Waals surface area contributed by atoms with Gasteiger partial charge in [-0.3, -0.25) is 4.79 Å². The van der Waals surface area contributed by atoms with Crippen molar-refractivity contribution in [2.45, 2.75) is 38.6 Å². The maximum atomic E-state index is 12.1. The van der Waals surface area contributed by atoms with Crippen LogP contribution < -0.4 is 5.32 Å². The Morgan fingerprint density at radius 3 is 2.75 bits per heavy atom. The first-order chi connectivity index (χ1) is 13.5. The van der Waals surface area contributed by atoms with Crippen LogP contribution in [0.1, 0.15) is 34.6 Å². The molecule has 2 heterocycles. The Morgan fingerprint density at radius 1 is 1.21 bits per heavy atom. The number of nitrogens with zero attached hydrogens (tertiary/aromatic N) is 3. The molecule has 0 aliphatic heterocycles. The smallest absolute Gasteiger partial charge is 0.230 e. The predicted octanol–water partition coefficient (Wildman–Crippen LogP) is 3.60. The SMILES string of the molecule is Cc1nc(SCC(=O)NCCCc2nc3ccccc3[nH]2)c(C#N)c(C)c1C. The molecule has 2 aromatic heterocycles. The summed E-state index contributed by atoms with van der Waals surface area (Å²) in [5.74, 6) is 1.11. The second-order valence-corrected chi connectivity index (χ2v) is 7.65. The normalized spacial score (nSPS) is 10.8. The van der Waals surface area contributed by atoms with E-state index in [0.717, 1.165) is 46.5 Å². The van der Waals surface area contributed by atoms with Crippen molar-refractivity contribution < 1.29 is 4.79 Å². The molecule has 0 saturated heterocycles. The van der Waals surface area contributed by atoms with Crippen LogP contribution in [0.3, 0.4) is 0 Å². The van der Waals surface area contributed by atoms with Crippen molar-refractivity contribution in [3.05, 3.63) is 52.5 Å². The fraction of sp³-hybridized carbons (Fsp3) is 0.333. The van der Waals surface area contributed by atoms with Gasteiger partial charge in [-0.2, -0.15) is 5.26 Å². The maximum absolute atomic E-state index is 12.1. The Bertz CT molecular complexity index is 1020. The van der Waals surface area contributed by atoms with Gasteiger partial charge in [0.1, 0.15) is 16.9 Å². The predicted molar refractivity (Wildman–Crippen MR) is 111 cm³/mol. The third kappa shape index (κ3) is 4.52. The van der Waals surface area contributed by atoms with Crippen LogP contribution in [0.4, 0.5) is 0 Å². The Morgan fingerprint density at radius 2 is 2.00 bits per heavy atom. The molecular formula is C21H23N5OS. The number of aromatic nitrogens is 3. The molecule has 1 aromatic carbocycles. The van der Waals surface area contributed by atoms with Crippen LogP contribution >= 0.6 is 11.8 Å². The van der Waals surface area contributed by atoms with Gasteiger partial charge in [0.2, 0.25) is 5.91 Å². The molecule has 7 heteroatoms. The molecule has 0 aliphatic carbocycles. The van der Waals surface area contributed by atoms with Crippen LogP contribution in [0.5, 0.6) is 0 Å². The number of amides is 1. The number of imidazole rings is 1. The van der Waals surface area contributed by atoms with Crippen molar-refractivity contribution in [2.75, 3.05) is 12.3 Å². The summed E-state index contributed by atoms with van der Waals surface area (Å²) in [4.78, 5) is 24.4. The Labute approximate surface area is 168 Å². The number of pyridine rings is 1. The van der Waals surface area contributed by atoms with Gasteiger partial charge in [0.25, 0.3) is 0 Å². The minimum absolute atomic E-state index is 0.0591. The molecule has 0 fully saturated rings. The lowest BCUT2D eigenvalue weighted by Crippen LogP contribution is -2.26. The maximum Gasteiger partial charge on any atom is 0.230 e. The molecule has 3 rings (SSSR count). The third-order valence-corrected chi connectivity index (χ3v) is 5.74. The molecule has 0 bridgehead atoms. The Hall–Kier alpha value is -2.85. The number of nitriles is 1. The van der Waals surface area contributed by atoms with E-state index in [0.29, 0.717) is 17.1 Å². The van der Waals surface area contributed by atoms with Crippen LogP contribution in [-0.4, -0.2) is 33.2 Å². The van der Waals surface area contributed by atoms with E-state index in [1.165, 1.54) is 11.8 Å². The van der Waals surface area contributed by atoms with Crippen molar-refractivity contribution in [2.24, 2.45) is 0 Å². The second-order valence-electron chi connectivity index (χ2n) is 6.68. The molecule has 2 N–H and O–H groups in total. The number of carbonyl (C=O) groups is 1. The summed E-state index contributed by atoms with van der Waals surface area (Å²) in [6, 6.07) is 10.1. The van der Waals surface area contributed by atoms with Crippen molar-refractivity contribution in [1.29, 1.82) is 5.26 Å². The number of hydrogen-bond acceptors (Lipinski definition) is 5. The van der Waals surface area contributed by atoms with Gasteiger partial charge in [0.05, 0.1) is 22.3 Å². The number of hydrogen-bond donors (Lipinski definition) is 2. The Kier molecular flexibility index (Phi) is 6.32. The van der Waals surface area contributed by atoms with Gasteiger partial charge in [-0.05, 0) is 50.5 Å². The highest BCUT2D eigenvalue weighted by Crippen LogP contribution is 2.26. The van der Waals surface area contributed by atoms with E-state index in [4.69, 9.17) is 0 Å². The third-order valence-electron chi connectivity index (χ3n) is 4.77. The van der Waals surface area contributed by atoms with Gasteiger partial charge in [-0.1, -0.05) is 23.9 Å². The molecule has 144 valence electrons. The van der Waals surface area contributed by atoms with E-state index in [2.05, 4.69) is 26.3 Å². The van der Waals surface area contributed by atoms with Gasteiger partial charge in [0.15, 0.2) is 0 Å². The molecule has 1 amide bonds. The van der Waals surface area contributed by atoms with Crippen LogP contribution in [0.2, 0.25) is 0 Å². The monoisotopic (exact) mass is 393 g/mol. The van der Waals surface area contributed by atoms with Crippen molar-refractivity contribution in [3.8, 4) is 6.07 Å². The standard InChI is InChI=1S/C21H23N5OS/c1-13-14(2)16(11-22)21(24-15(13)3)28-12-20(27)23-10-6-9-19-25-17-7-4-5-8-18(17)26-19/h4-5,7-8H,6,9-10,12H2,1-3H3,(H,23,27)(H,25,26). The van der Waals surface area contributed by atoms with Crippen LogP contribution in [0.15, 0.2) is 29.3 Å². The average Bonchev–Trinajstić information content (AvgIpc) is 3.11. The summed E-state index contributed by atoms with van der Waals surface area (Å²) < 4.78 is 0. The van der Waals surface area contributed by atoms with E-state index in [-0.39, 0.29) is 11.7 Å². The average molecular weight is 394 g/mol. The number of rotatable bonds is 7. The molecule has 0 unspecified atom stereocenters. The summed E-state index contributed by atoms with van der Waals surface area (Å²) in [6.45, 7) is 6.39. The second kappa shape index (κ2) is 8.89. The highest BCUT2D eigenvalue weighted by molar-refractivity contribution is 8.00. The quantitative estimate of drug-likeness (QED) is 0.472. The van der Waals surface area contributed by atoms with E-state index in [1.807, 2.05) is 45.0 Å². The summed E-state index contributed by atoms with van der Waals surface area (Å²) >= 11 is 1.31. The number of H-pyrrole nitrogens is 1. The summed E-state index contributed by atoms with van der Waals surface area (Å²) in [5.41, 5.74) is 5.40. The zero-order chi connectivity index (χ0) is 20.1. The van der Waals surface area contributed by atoms with Gasteiger partial charge in [0, 0.05) is 18.7 Å². The van der Waals surface area contributed by atoms with Gasteiger partial charge < -0.3 is 10.3 Å². The minimum atomic E-state index is -0.0591. The van der Waals surface area contributed by atoms with Crippen LogP contribution in [0.25, 0.3) is 11.0 Å². The van der Waals surface area contributed by atoms with Gasteiger partial charge in [-0.25, -0.2) is 9.97 Å². The number of carbonyl (C=O) groups excluding carboxylic acids is 1. The minimum Gasteiger partial charge on any atom is -0.355 e. The summed E-state index contributed by atoms with van der Waals surface area (Å²) in [5, 5.41) is 12.9. The summed E-state index contributed by atoms with van der Waals surface area (Å²) in [6.07, 6.45) is 1.58. The zero-order valence-corrected chi connectivity index (χ0v) is 17.1. The molecule has 0 aliphatic rings. The van der Waals surface area contributed by atoms with Crippen molar-refractivity contribution in [3.63, 3.8) is 0 Å². The fourth-order valence-electron chi connectivity index (χ4n) is 2.94. The zero-order valence-electron chi connectivity index (χ0n) is 16.3. The lowest BCUT2D eigenvalue weighted by Gasteiger charge is -2.11. The van der Waals surface area contributed by atoms with Crippen molar-refractivity contribution in [1.82, 2.24) is 20.3 Å². The molecule has 0 radical (unpaired) electrons. The molecular weight excluding hydrogens is 370 g/mol. The topological polar surface area (TPSA) is 94.5 Å². The van der Waals surface area contributed by atoms with Crippen LogP contribution in [-0.2, 0) is 11.2 Å².